The highest BCUT2D eigenvalue weighted by atomic mass is 16.6. The Hall–Kier alpha value is -2.83. The Labute approximate surface area is 120 Å². The number of hydrogen-bond acceptors (Lipinski definition) is 6. The fourth-order valence-corrected chi connectivity index (χ4v) is 1.97. The number of nitro groups is 1. The Morgan fingerprint density at radius 2 is 2.19 bits per heavy atom. The van der Waals surface area contributed by atoms with Gasteiger partial charge in [0.2, 0.25) is 0 Å². The summed E-state index contributed by atoms with van der Waals surface area (Å²) in [6.45, 7) is 0.419. The molecule has 0 radical (unpaired) electrons. The van der Waals surface area contributed by atoms with E-state index in [1.54, 1.807) is 24.3 Å². The van der Waals surface area contributed by atoms with E-state index in [1.165, 1.54) is 31.6 Å². The first-order chi connectivity index (χ1) is 10.0. The van der Waals surface area contributed by atoms with E-state index in [4.69, 9.17) is 4.42 Å². The molecule has 0 aliphatic carbocycles. The Kier molecular flexibility index (Phi) is 4.22. The number of anilines is 1. The van der Waals surface area contributed by atoms with Crippen LogP contribution < -0.4 is 4.90 Å². The Balaban J connectivity index is 2.37. The van der Waals surface area contributed by atoms with Gasteiger partial charge in [-0.3, -0.25) is 10.1 Å². The first kappa shape index (κ1) is 14.6. The minimum Gasteiger partial charge on any atom is -0.472 e. The maximum Gasteiger partial charge on any atom is 0.337 e. The number of furan rings is 1. The van der Waals surface area contributed by atoms with Crippen molar-refractivity contribution in [1.29, 1.82) is 0 Å². The summed E-state index contributed by atoms with van der Waals surface area (Å²) in [7, 11) is 2.97. The molecule has 0 saturated carbocycles. The van der Waals surface area contributed by atoms with Gasteiger partial charge in [0.1, 0.15) is 5.69 Å². The zero-order valence-electron chi connectivity index (χ0n) is 11.6. The minimum absolute atomic E-state index is 0.0753. The van der Waals surface area contributed by atoms with Crippen LogP contribution in [-0.4, -0.2) is 25.1 Å². The van der Waals surface area contributed by atoms with E-state index in [0.717, 1.165) is 5.56 Å². The van der Waals surface area contributed by atoms with Gasteiger partial charge in [-0.05, 0) is 18.2 Å². The normalized spacial score (nSPS) is 10.2. The van der Waals surface area contributed by atoms with Crippen LogP contribution in [0.1, 0.15) is 15.9 Å². The fourth-order valence-electron chi connectivity index (χ4n) is 1.97. The van der Waals surface area contributed by atoms with Crippen LogP contribution in [-0.2, 0) is 11.3 Å². The number of nitro benzene ring substituents is 1. The Morgan fingerprint density at radius 1 is 1.43 bits per heavy atom. The second-order valence-corrected chi connectivity index (χ2v) is 4.44. The number of nitrogens with zero attached hydrogens (tertiary/aromatic N) is 2. The molecule has 0 saturated heterocycles. The van der Waals surface area contributed by atoms with Gasteiger partial charge in [-0.2, -0.15) is 0 Å². The number of hydrogen-bond donors (Lipinski definition) is 0. The number of carbonyl (C=O) groups is 1. The predicted octanol–water partition coefficient (Wildman–Crippen LogP) is 2.61. The lowest BCUT2D eigenvalue weighted by Gasteiger charge is -2.18. The van der Waals surface area contributed by atoms with Crippen molar-refractivity contribution in [2.75, 3.05) is 19.1 Å². The molecule has 0 aliphatic rings. The van der Waals surface area contributed by atoms with E-state index >= 15 is 0 Å². The van der Waals surface area contributed by atoms with Gasteiger partial charge in [0.25, 0.3) is 5.69 Å². The molecule has 0 aliphatic heterocycles. The Bertz CT molecular complexity index is 651. The minimum atomic E-state index is -0.539. The Morgan fingerprint density at radius 3 is 2.76 bits per heavy atom. The van der Waals surface area contributed by atoms with Gasteiger partial charge >= 0.3 is 5.97 Å². The molecule has 1 heterocycles. The summed E-state index contributed by atoms with van der Waals surface area (Å²) in [5, 5.41) is 11.1. The van der Waals surface area contributed by atoms with Crippen LogP contribution in [0.3, 0.4) is 0 Å². The number of ether oxygens (including phenoxy) is 1. The number of esters is 1. The molecular formula is C14H14N2O5. The summed E-state index contributed by atoms with van der Waals surface area (Å²) in [4.78, 5) is 23.9. The lowest BCUT2D eigenvalue weighted by atomic mass is 10.1. The average Bonchev–Trinajstić information content (AvgIpc) is 2.98. The van der Waals surface area contributed by atoms with E-state index in [1.807, 2.05) is 0 Å². The first-order valence-corrected chi connectivity index (χ1v) is 6.12. The molecule has 0 atom stereocenters. The molecule has 0 unspecified atom stereocenters. The van der Waals surface area contributed by atoms with Crippen LogP contribution in [0, 0.1) is 10.1 Å². The average molecular weight is 290 g/mol. The van der Waals surface area contributed by atoms with Gasteiger partial charge in [-0.25, -0.2) is 4.79 Å². The summed E-state index contributed by atoms with van der Waals surface area (Å²) in [5.74, 6) is -0.539. The third-order valence-corrected chi connectivity index (χ3v) is 3.00. The molecule has 0 bridgehead atoms. The van der Waals surface area contributed by atoms with Crippen molar-refractivity contribution in [2.45, 2.75) is 6.54 Å². The maximum absolute atomic E-state index is 11.6. The number of carbonyl (C=O) groups excluding carboxylic acids is 1. The molecule has 2 aromatic rings. The standard InChI is InChI=1S/C14H14N2O5/c1-15(8-10-5-6-21-9-10)13-7-11(14(17)20-2)3-4-12(13)16(18)19/h3-7,9H,8H2,1-2H3. The molecule has 110 valence electrons. The van der Waals surface area contributed by atoms with Crippen LogP contribution >= 0.6 is 0 Å². The molecule has 1 aromatic heterocycles. The lowest BCUT2D eigenvalue weighted by molar-refractivity contribution is -0.384. The molecule has 21 heavy (non-hydrogen) atoms. The lowest BCUT2D eigenvalue weighted by Crippen LogP contribution is -2.18. The largest absolute Gasteiger partial charge is 0.472 e. The zero-order chi connectivity index (χ0) is 15.4. The van der Waals surface area contributed by atoms with Crippen molar-refractivity contribution in [3.05, 3.63) is 58.0 Å². The molecule has 0 fully saturated rings. The van der Waals surface area contributed by atoms with Crippen LogP contribution in [0.5, 0.6) is 0 Å². The fraction of sp³-hybridized carbons (Fsp3) is 0.214. The van der Waals surface area contributed by atoms with Crippen LogP contribution in [0.25, 0.3) is 0 Å². The van der Waals surface area contributed by atoms with E-state index in [-0.39, 0.29) is 11.3 Å². The summed E-state index contributed by atoms with van der Waals surface area (Å²) >= 11 is 0. The van der Waals surface area contributed by atoms with Gasteiger partial charge in [0.15, 0.2) is 0 Å². The van der Waals surface area contributed by atoms with E-state index < -0.39 is 10.9 Å². The SMILES string of the molecule is COC(=O)c1ccc([N+](=O)[O-])c(N(C)Cc2ccoc2)c1. The summed E-state index contributed by atoms with van der Waals surface area (Å²) in [6, 6.07) is 5.89. The summed E-state index contributed by atoms with van der Waals surface area (Å²) in [6.07, 6.45) is 3.09. The monoisotopic (exact) mass is 290 g/mol. The van der Waals surface area contributed by atoms with Crippen molar-refractivity contribution in [3.63, 3.8) is 0 Å². The van der Waals surface area contributed by atoms with Crippen molar-refractivity contribution in [2.24, 2.45) is 0 Å². The third-order valence-electron chi connectivity index (χ3n) is 3.00. The summed E-state index contributed by atoms with van der Waals surface area (Å²) < 4.78 is 9.61. The molecule has 0 N–H and O–H groups in total. The van der Waals surface area contributed by atoms with Crippen molar-refractivity contribution in [3.8, 4) is 0 Å². The van der Waals surface area contributed by atoms with E-state index in [0.29, 0.717) is 12.2 Å². The van der Waals surface area contributed by atoms with Crippen molar-refractivity contribution >= 4 is 17.3 Å². The number of benzene rings is 1. The van der Waals surface area contributed by atoms with Gasteiger partial charge in [0.05, 0.1) is 30.1 Å². The van der Waals surface area contributed by atoms with Gasteiger partial charge in [-0.15, -0.1) is 0 Å². The highest BCUT2D eigenvalue weighted by Crippen LogP contribution is 2.29. The van der Waals surface area contributed by atoms with Gasteiger partial charge in [-0.1, -0.05) is 0 Å². The highest BCUT2D eigenvalue weighted by molar-refractivity contribution is 5.91. The second-order valence-electron chi connectivity index (χ2n) is 4.44. The van der Waals surface area contributed by atoms with Crippen molar-refractivity contribution < 1.29 is 18.9 Å². The molecule has 7 nitrogen and oxygen atoms in total. The van der Waals surface area contributed by atoms with Crippen LogP contribution in [0.4, 0.5) is 11.4 Å². The number of methoxy groups -OCH3 is 1. The molecule has 2 rings (SSSR count). The predicted molar refractivity (Wildman–Crippen MR) is 75.3 cm³/mol. The first-order valence-electron chi connectivity index (χ1n) is 6.12. The van der Waals surface area contributed by atoms with Gasteiger partial charge in [0, 0.05) is 25.2 Å². The highest BCUT2D eigenvalue weighted by Gasteiger charge is 2.20. The quantitative estimate of drug-likeness (QED) is 0.478. The molecule has 0 amide bonds. The third kappa shape index (κ3) is 3.19. The van der Waals surface area contributed by atoms with Gasteiger partial charge < -0.3 is 14.1 Å². The van der Waals surface area contributed by atoms with Crippen molar-refractivity contribution in [1.82, 2.24) is 0 Å². The van der Waals surface area contributed by atoms with E-state index in [9.17, 15) is 14.9 Å². The molecule has 7 heteroatoms. The van der Waals surface area contributed by atoms with E-state index in [2.05, 4.69) is 4.74 Å². The van der Waals surface area contributed by atoms with Crippen LogP contribution in [0.2, 0.25) is 0 Å². The second kappa shape index (κ2) is 6.08. The smallest absolute Gasteiger partial charge is 0.337 e. The summed E-state index contributed by atoms with van der Waals surface area (Å²) in [5.41, 5.74) is 1.39. The molecule has 0 spiro atoms. The maximum atomic E-state index is 11.6. The van der Waals surface area contributed by atoms with Crippen LogP contribution in [0.15, 0.2) is 41.2 Å². The number of rotatable bonds is 5. The molecular weight excluding hydrogens is 276 g/mol. The molecule has 1 aromatic carbocycles. The zero-order valence-corrected chi connectivity index (χ0v) is 11.6. The topological polar surface area (TPSA) is 85.8 Å².